The van der Waals surface area contributed by atoms with Crippen LogP contribution in [0, 0.1) is 0 Å². The summed E-state index contributed by atoms with van der Waals surface area (Å²) in [4.78, 5) is 0. The first-order chi connectivity index (χ1) is 5.46. The molecule has 0 amide bonds. The molecule has 14 heavy (non-hydrogen) atoms. The molecule has 0 unspecified atom stereocenters. The van der Waals surface area contributed by atoms with Crippen LogP contribution in [0.25, 0.3) is 0 Å². The van der Waals surface area contributed by atoms with Crippen LogP contribution in [0.3, 0.4) is 0 Å². The van der Waals surface area contributed by atoms with Crippen molar-refractivity contribution in [1.82, 2.24) is 4.13 Å². The van der Waals surface area contributed by atoms with Gasteiger partial charge in [0.25, 0.3) is 20.0 Å². The topological polar surface area (TPSA) is 80.3 Å². The van der Waals surface area contributed by atoms with Gasteiger partial charge >= 0.3 is 10.5 Å². The van der Waals surface area contributed by atoms with Crippen LogP contribution in [0.5, 0.6) is 0 Å². The summed E-state index contributed by atoms with van der Waals surface area (Å²) in [5.74, 6) is 0. The number of rotatable bonds is 0. The molecule has 0 atom stereocenters. The summed E-state index contributed by atoms with van der Waals surface area (Å²) in [5.41, 5.74) is 0. The minimum absolute atomic E-state index is 0. The van der Waals surface area contributed by atoms with E-state index >= 15 is 0 Å². The molecule has 0 aromatic heterocycles. The van der Waals surface area contributed by atoms with Gasteiger partial charge in [-0.25, -0.2) is 16.8 Å². The number of alkyl halides is 4. The van der Waals surface area contributed by atoms with Crippen LogP contribution in [0.15, 0.2) is 0 Å². The Bertz CT molecular complexity index is 398. The molecule has 1 N–H and O–H groups in total. The van der Waals surface area contributed by atoms with E-state index in [0.717, 1.165) is 0 Å². The second kappa shape index (κ2) is 3.08. The third kappa shape index (κ3) is 1.38. The second-order valence-corrected chi connectivity index (χ2v) is 5.83. The third-order valence-electron chi connectivity index (χ3n) is 1.23. The van der Waals surface area contributed by atoms with Crippen LogP contribution in [-0.4, -0.2) is 46.2 Å². The molecule has 1 rings (SSSR count). The van der Waals surface area contributed by atoms with E-state index < -0.39 is 30.6 Å². The quantitative estimate of drug-likeness (QED) is 0.444. The van der Waals surface area contributed by atoms with Gasteiger partial charge in [0.05, 0.1) is 0 Å². The molecule has 0 bridgehead atoms. The molecular weight excluding hydrogens is 249 g/mol. The smallest absolute Gasteiger partial charge is 0.205 e. The van der Waals surface area contributed by atoms with Gasteiger partial charge in [0.1, 0.15) is 0 Å². The van der Waals surface area contributed by atoms with E-state index in [2.05, 4.69) is 0 Å². The van der Waals surface area contributed by atoms with E-state index in [0.29, 0.717) is 0 Å². The molecule has 1 aliphatic heterocycles. The minimum Gasteiger partial charge on any atom is -0.205 e. The van der Waals surface area contributed by atoms with E-state index in [4.69, 9.17) is 0 Å². The Kier molecular flexibility index (Phi) is 3.12. The first-order valence-electron chi connectivity index (χ1n) is 2.49. The van der Waals surface area contributed by atoms with Crippen molar-refractivity contribution in [2.24, 2.45) is 0 Å². The van der Waals surface area contributed by atoms with Crippen molar-refractivity contribution >= 4 is 38.9 Å². The van der Waals surface area contributed by atoms with Crippen LogP contribution in [-0.2, 0) is 20.0 Å². The van der Waals surface area contributed by atoms with Crippen molar-refractivity contribution < 1.29 is 34.4 Å². The zero-order valence-corrected chi connectivity index (χ0v) is 8.09. The van der Waals surface area contributed by atoms with Crippen LogP contribution < -0.4 is 4.13 Å². The summed E-state index contributed by atoms with van der Waals surface area (Å²) in [7, 11) is -11.7. The molecule has 0 aliphatic carbocycles. The molecule has 1 aliphatic rings. The van der Waals surface area contributed by atoms with Crippen molar-refractivity contribution in [3.63, 3.8) is 0 Å². The first-order valence-corrected chi connectivity index (χ1v) is 5.46. The Morgan fingerprint density at radius 3 is 1.07 bits per heavy atom. The Labute approximate surface area is 88.1 Å². The average molecular weight is 250 g/mol. The summed E-state index contributed by atoms with van der Waals surface area (Å²) in [6.07, 6.45) is 0. The van der Waals surface area contributed by atoms with Gasteiger partial charge in [-0.05, 0) is 0 Å². The third-order valence-corrected chi connectivity index (χ3v) is 4.98. The van der Waals surface area contributed by atoms with Gasteiger partial charge in [-0.15, -0.1) is 0 Å². The molecule has 1 radical (unpaired) electrons. The SMILES string of the molecule is O=S1(=O)NS(=O)(=O)C(F)(F)C1(F)F.[Li]. The van der Waals surface area contributed by atoms with Gasteiger partial charge in [-0.1, -0.05) is 4.13 Å². The van der Waals surface area contributed by atoms with Crippen molar-refractivity contribution in [2.45, 2.75) is 10.5 Å². The predicted molar refractivity (Wildman–Crippen MR) is 36.6 cm³/mol. The molecule has 5 nitrogen and oxygen atoms in total. The molecule has 1 saturated heterocycles. The normalized spacial score (nSPS) is 30.6. The summed E-state index contributed by atoms with van der Waals surface area (Å²) < 4.78 is 89.8. The summed E-state index contributed by atoms with van der Waals surface area (Å²) in [6.45, 7) is 0. The van der Waals surface area contributed by atoms with Crippen LogP contribution >= 0.6 is 0 Å². The van der Waals surface area contributed by atoms with Gasteiger partial charge < -0.3 is 0 Å². The number of hydrogen-bond acceptors (Lipinski definition) is 4. The van der Waals surface area contributed by atoms with Gasteiger partial charge in [0.15, 0.2) is 0 Å². The monoisotopic (exact) mass is 250 g/mol. The standard InChI is InChI=1S/C2HF4NO4S2.Li/c3-1(4)2(5,6)13(10,11)7-12(1,8)9;/h7H;. The van der Waals surface area contributed by atoms with Gasteiger partial charge in [-0.3, -0.25) is 0 Å². The van der Waals surface area contributed by atoms with E-state index in [1.807, 2.05) is 0 Å². The van der Waals surface area contributed by atoms with E-state index in [1.54, 1.807) is 0 Å². The Morgan fingerprint density at radius 2 is 1.00 bits per heavy atom. The zero-order valence-electron chi connectivity index (χ0n) is 6.46. The fourth-order valence-corrected chi connectivity index (χ4v) is 3.84. The summed E-state index contributed by atoms with van der Waals surface area (Å²) in [6, 6.07) is 0. The van der Waals surface area contributed by atoms with E-state index in [-0.39, 0.29) is 23.0 Å². The largest absolute Gasteiger partial charge is 0.438 e. The molecule has 0 spiro atoms. The maximum absolute atomic E-state index is 12.2. The van der Waals surface area contributed by atoms with Crippen LogP contribution in [0.4, 0.5) is 17.6 Å². The molecule has 1 fully saturated rings. The fraction of sp³-hybridized carbons (Fsp3) is 1.00. The van der Waals surface area contributed by atoms with Crippen molar-refractivity contribution in [3.8, 4) is 0 Å². The average Bonchev–Trinajstić information content (AvgIpc) is 1.88. The molecule has 0 aromatic rings. The Morgan fingerprint density at radius 1 is 0.786 bits per heavy atom. The van der Waals surface area contributed by atoms with Crippen molar-refractivity contribution in [2.75, 3.05) is 0 Å². The summed E-state index contributed by atoms with van der Waals surface area (Å²) in [5, 5.41) is -11.3. The maximum atomic E-state index is 12.2. The molecular formula is C2HF4LiNO4S2. The van der Waals surface area contributed by atoms with Gasteiger partial charge in [-0.2, -0.15) is 17.6 Å². The van der Waals surface area contributed by atoms with Gasteiger partial charge in [0.2, 0.25) is 0 Å². The maximum Gasteiger partial charge on any atom is 0.438 e. The van der Waals surface area contributed by atoms with E-state index in [1.165, 1.54) is 0 Å². The Hall–Kier alpha value is 0.177. The summed E-state index contributed by atoms with van der Waals surface area (Å²) >= 11 is 0. The molecule has 12 heteroatoms. The Balaban J connectivity index is 0.00000169. The number of nitrogens with one attached hydrogen (secondary N) is 1. The fourth-order valence-electron chi connectivity index (χ4n) is 0.562. The predicted octanol–water partition coefficient (Wildman–Crippen LogP) is -0.946. The van der Waals surface area contributed by atoms with Crippen molar-refractivity contribution in [3.05, 3.63) is 0 Å². The van der Waals surface area contributed by atoms with Crippen LogP contribution in [0.1, 0.15) is 0 Å². The molecule has 1 heterocycles. The minimum atomic E-state index is -5.86. The number of halogens is 4. The van der Waals surface area contributed by atoms with Crippen molar-refractivity contribution in [1.29, 1.82) is 0 Å². The zero-order chi connectivity index (χ0) is 10.7. The number of hydrogen-bond donors (Lipinski definition) is 1. The van der Waals surface area contributed by atoms with Crippen LogP contribution in [0.2, 0.25) is 0 Å². The molecule has 0 aromatic carbocycles. The number of sulfonamides is 2. The molecule has 79 valence electrons. The van der Waals surface area contributed by atoms with E-state index in [9.17, 15) is 34.4 Å². The first kappa shape index (κ1) is 14.2. The second-order valence-electron chi connectivity index (χ2n) is 2.12. The van der Waals surface area contributed by atoms with Gasteiger partial charge in [0, 0.05) is 18.9 Å². The molecule has 0 saturated carbocycles.